The molecule has 1 fully saturated rings. The van der Waals surface area contributed by atoms with E-state index in [4.69, 9.17) is 4.42 Å². The number of hydrogen-bond acceptors (Lipinski definition) is 5. The Labute approximate surface area is 123 Å². The Kier molecular flexibility index (Phi) is 3.38. The molecule has 4 nitrogen and oxygen atoms in total. The van der Waals surface area contributed by atoms with E-state index in [1.807, 2.05) is 18.3 Å². The highest BCUT2D eigenvalue weighted by Gasteiger charge is 2.22. The zero-order valence-corrected chi connectivity index (χ0v) is 12.8. The predicted octanol–water partition coefficient (Wildman–Crippen LogP) is 4.17. The van der Waals surface area contributed by atoms with Gasteiger partial charge in [-0.2, -0.15) is 0 Å². The Balaban J connectivity index is 1.66. The number of thiazole rings is 1. The quantitative estimate of drug-likeness (QED) is 0.917. The fourth-order valence-electron chi connectivity index (χ4n) is 1.70. The van der Waals surface area contributed by atoms with Crippen molar-refractivity contribution in [2.45, 2.75) is 45.1 Å². The minimum Gasteiger partial charge on any atom is -0.441 e. The van der Waals surface area contributed by atoms with E-state index in [2.05, 4.69) is 36.1 Å². The number of aromatic nitrogens is 2. The summed E-state index contributed by atoms with van der Waals surface area (Å²) in [5.41, 5.74) is -0.00900. The molecular formula is C15H19N3OS. The van der Waals surface area contributed by atoms with E-state index < -0.39 is 0 Å². The Hall–Kier alpha value is -1.62. The van der Waals surface area contributed by atoms with Gasteiger partial charge in [-0.15, -0.1) is 0 Å². The molecule has 1 aliphatic rings. The topological polar surface area (TPSA) is 51.0 Å². The van der Waals surface area contributed by atoms with Crippen LogP contribution in [0.15, 0.2) is 16.8 Å². The summed E-state index contributed by atoms with van der Waals surface area (Å²) in [4.78, 5) is 9.74. The molecule has 0 aromatic carbocycles. The molecule has 0 unspecified atom stereocenters. The Morgan fingerprint density at radius 3 is 2.70 bits per heavy atom. The highest BCUT2D eigenvalue weighted by Crippen LogP contribution is 2.28. The average Bonchev–Trinajstić information content (AvgIpc) is 2.90. The van der Waals surface area contributed by atoms with Crippen LogP contribution in [0.2, 0.25) is 0 Å². The van der Waals surface area contributed by atoms with Gasteiger partial charge in [0, 0.05) is 28.6 Å². The van der Waals surface area contributed by atoms with Crippen molar-refractivity contribution in [3.05, 3.63) is 28.9 Å². The molecule has 0 amide bonds. The van der Waals surface area contributed by atoms with Gasteiger partial charge in [0.15, 0.2) is 5.13 Å². The lowest BCUT2D eigenvalue weighted by Gasteiger charge is -2.12. The standard InChI is InChI=1S/C15H19N3OS/c1-15(2,3)12-9-16-13(19-12)7-6-11-8-17-14(20-11)18-10-4-5-10/h6-10H,4-5H2,1-3H3,(H,17,18)/b7-6+. The van der Waals surface area contributed by atoms with Crippen LogP contribution in [-0.4, -0.2) is 16.0 Å². The molecule has 5 heteroatoms. The summed E-state index contributed by atoms with van der Waals surface area (Å²) < 4.78 is 5.72. The Morgan fingerprint density at radius 1 is 1.25 bits per heavy atom. The van der Waals surface area contributed by atoms with E-state index >= 15 is 0 Å². The number of hydrogen-bond donors (Lipinski definition) is 1. The second kappa shape index (κ2) is 5.05. The molecule has 2 aromatic rings. The van der Waals surface area contributed by atoms with Crippen molar-refractivity contribution in [3.8, 4) is 0 Å². The van der Waals surface area contributed by atoms with Gasteiger partial charge in [0.2, 0.25) is 5.89 Å². The van der Waals surface area contributed by atoms with Crippen molar-refractivity contribution in [1.29, 1.82) is 0 Å². The average molecular weight is 289 g/mol. The first kappa shape index (κ1) is 13.4. The van der Waals surface area contributed by atoms with Crippen molar-refractivity contribution in [3.63, 3.8) is 0 Å². The zero-order valence-electron chi connectivity index (χ0n) is 12.0. The SMILES string of the molecule is CC(C)(C)c1cnc(/C=C/c2cnc(NC3CC3)s2)o1. The molecule has 2 heterocycles. The monoisotopic (exact) mass is 289 g/mol. The van der Waals surface area contributed by atoms with Crippen molar-refractivity contribution in [2.75, 3.05) is 5.32 Å². The number of nitrogens with zero attached hydrogens (tertiary/aromatic N) is 2. The lowest BCUT2D eigenvalue weighted by Crippen LogP contribution is -2.09. The molecule has 0 bridgehead atoms. The minimum atomic E-state index is -0.00900. The maximum atomic E-state index is 5.72. The van der Waals surface area contributed by atoms with Crippen molar-refractivity contribution in [1.82, 2.24) is 9.97 Å². The smallest absolute Gasteiger partial charge is 0.218 e. The van der Waals surface area contributed by atoms with Crippen molar-refractivity contribution in [2.24, 2.45) is 0 Å². The van der Waals surface area contributed by atoms with Crippen molar-refractivity contribution >= 4 is 28.6 Å². The van der Waals surface area contributed by atoms with E-state index in [9.17, 15) is 0 Å². The van der Waals surface area contributed by atoms with E-state index in [-0.39, 0.29) is 5.41 Å². The maximum Gasteiger partial charge on any atom is 0.218 e. The molecule has 0 radical (unpaired) electrons. The Morgan fingerprint density at radius 2 is 2.05 bits per heavy atom. The van der Waals surface area contributed by atoms with Crippen LogP contribution in [0.5, 0.6) is 0 Å². The largest absolute Gasteiger partial charge is 0.441 e. The maximum absolute atomic E-state index is 5.72. The van der Waals surface area contributed by atoms with Gasteiger partial charge in [-0.1, -0.05) is 32.1 Å². The second-order valence-corrected chi connectivity index (χ2v) is 7.19. The molecule has 3 rings (SSSR count). The first-order valence-electron chi connectivity index (χ1n) is 6.87. The van der Waals surface area contributed by atoms with E-state index in [1.54, 1.807) is 17.5 Å². The minimum absolute atomic E-state index is 0.00900. The lowest BCUT2D eigenvalue weighted by molar-refractivity contribution is 0.403. The molecule has 0 saturated heterocycles. The van der Waals surface area contributed by atoms with Crippen LogP contribution >= 0.6 is 11.3 Å². The lowest BCUT2D eigenvalue weighted by atomic mass is 9.94. The van der Waals surface area contributed by atoms with Gasteiger partial charge in [-0.3, -0.25) is 0 Å². The number of rotatable bonds is 4. The van der Waals surface area contributed by atoms with Crippen LogP contribution in [-0.2, 0) is 5.41 Å². The fourth-order valence-corrected chi connectivity index (χ4v) is 2.49. The molecule has 20 heavy (non-hydrogen) atoms. The van der Waals surface area contributed by atoms with E-state index in [0.29, 0.717) is 11.9 Å². The third-order valence-corrected chi connectivity index (χ3v) is 3.98. The number of anilines is 1. The number of oxazole rings is 1. The molecule has 1 saturated carbocycles. The molecule has 0 spiro atoms. The predicted molar refractivity (Wildman–Crippen MR) is 82.9 cm³/mol. The van der Waals surface area contributed by atoms with Gasteiger partial charge in [0.25, 0.3) is 0 Å². The van der Waals surface area contributed by atoms with E-state index in [0.717, 1.165) is 15.8 Å². The summed E-state index contributed by atoms with van der Waals surface area (Å²) in [6.07, 6.45) is 10.1. The van der Waals surface area contributed by atoms with Gasteiger partial charge in [0.1, 0.15) is 5.76 Å². The van der Waals surface area contributed by atoms with Gasteiger partial charge in [-0.25, -0.2) is 9.97 Å². The summed E-state index contributed by atoms with van der Waals surface area (Å²) in [7, 11) is 0. The van der Waals surface area contributed by atoms with Crippen LogP contribution in [0.3, 0.4) is 0 Å². The molecule has 0 atom stereocenters. The van der Waals surface area contributed by atoms with Crippen molar-refractivity contribution < 1.29 is 4.42 Å². The summed E-state index contributed by atoms with van der Waals surface area (Å²) in [5, 5.41) is 4.39. The van der Waals surface area contributed by atoms with Crippen LogP contribution < -0.4 is 5.32 Å². The summed E-state index contributed by atoms with van der Waals surface area (Å²) in [5.74, 6) is 1.54. The first-order valence-corrected chi connectivity index (χ1v) is 7.69. The highest BCUT2D eigenvalue weighted by molar-refractivity contribution is 7.16. The summed E-state index contributed by atoms with van der Waals surface area (Å²) in [6.45, 7) is 6.33. The van der Waals surface area contributed by atoms with Crippen LogP contribution in [0.1, 0.15) is 50.1 Å². The zero-order chi connectivity index (χ0) is 14.2. The van der Waals surface area contributed by atoms with Gasteiger partial charge in [0.05, 0.1) is 6.20 Å². The highest BCUT2D eigenvalue weighted by atomic mass is 32.1. The fraction of sp³-hybridized carbons (Fsp3) is 0.467. The summed E-state index contributed by atoms with van der Waals surface area (Å²) >= 11 is 1.65. The molecule has 1 aliphatic carbocycles. The molecule has 0 aliphatic heterocycles. The van der Waals surface area contributed by atoms with Gasteiger partial charge >= 0.3 is 0 Å². The molecule has 1 N–H and O–H groups in total. The van der Waals surface area contributed by atoms with Crippen LogP contribution in [0.4, 0.5) is 5.13 Å². The van der Waals surface area contributed by atoms with E-state index in [1.165, 1.54) is 12.8 Å². The third-order valence-electron chi connectivity index (χ3n) is 3.08. The molecular weight excluding hydrogens is 270 g/mol. The van der Waals surface area contributed by atoms with Gasteiger partial charge < -0.3 is 9.73 Å². The first-order chi connectivity index (χ1) is 9.50. The number of nitrogens with one attached hydrogen (secondary N) is 1. The second-order valence-electron chi connectivity index (χ2n) is 6.13. The molecule has 2 aromatic heterocycles. The third kappa shape index (κ3) is 3.28. The Bertz CT molecular complexity index is 617. The normalized spacial score (nSPS) is 15.9. The molecule has 106 valence electrons. The van der Waals surface area contributed by atoms with Gasteiger partial charge in [-0.05, 0) is 18.9 Å². The summed E-state index contributed by atoms with van der Waals surface area (Å²) in [6, 6.07) is 0.638. The van der Waals surface area contributed by atoms with Crippen LogP contribution in [0.25, 0.3) is 12.2 Å². The van der Waals surface area contributed by atoms with Crippen LogP contribution in [0, 0.1) is 0 Å².